The van der Waals surface area contributed by atoms with Crippen LogP contribution < -0.4 is 0 Å². The maximum absolute atomic E-state index is 12.2. The molecule has 0 saturated heterocycles. The summed E-state index contributed by atoms with van der Waals surface area (Å²) in [6.07, 6.45) is -0.00457. The maximum atomic E-state index is 12.2. The Morgan fingerprint density at radius 1 is 1.42 bits per heavy atom. The third-order valence-corrected chi connectivity index (χ3v) is 4.43. The van der Waals surface area contributed by atoms with Crippen LogP contribution >= 0.6 is 0 Å². The van der Waals surface area contributed by atoms with Gasteiger partial charge in [0.2, 0.25) is 5.91 Å². The van der Waals surface area contributed by atoms with Gasteiger partial charge in [-0.3, -0.25) is 14.9 Å². The van der Waals surface area contributed by atoms with Crippen LogP contribution in [0.2, 0.25) is 0 Å². The summed E-state index contributed by atoms with van der Waals surface area (Å²) in [5.41, 5.74) is 0.0332. The van der Waals surface area contributed by atoms with Crippen molar-refractivity contribution in [1.82, 2.24) is 4.31 Å². The minimum Gasteiger partial charge on any atom is -0.274 e. The zero-order valence-electron chi connectivity index (χ0n) is 10.8. The first-order valence-corrected chi connectivity index (χ1v) is 6.92. The van der Waals surface area contributed by atoms with Gasteiger partial charge in [-0.1, -0.05) is 13.0 Å². The summed E-state index contributed by atoms with van der Waals surface area (Å²) < 4.78 is 24.9. The smallest absolute Gasteiger partial charge is 0.274 e. The molecule has 19 heavy (non-hydrogen) atoms. The van der Waals surface area contributed by atoms with Gasteiger partial charge in [0.1, 0.15) is 0 Å². The molecule has 0 fully saturated rings. The Morgan fingerprint density at radius 2 is 2.00 bits per heavy atom. The van der Waals surface area contributed by atoms with Crippen molar-refractivity contribution in [2.24, 2.45) is 0 Å². The highest BCUT2D eigenvalue weighted by atomic mass is 32.2. The van der Waals surface area contributed by atoms with Crippen molar-refractivity contribution in [3.05, 3.63) is 33.9 Å². The Morgan fingerprint density at radius 3 is 2.47 bits per heavy atom. The van der Waals surface area contributed by atoms with E-state index in [-0.39, 0.29) is 6.42 Å². The van der Waals surface area contributed by atoms with E-state index < -0.39 is 31.4 Å². The second-order valence-electron chi connectivity index (χ2n) is 3.95. The number of hydrogen-bond donors (Lipinski definition) is 0. The molecular formula is C11H14N2O5S. The molecule has 0 aliphatic carbocycles. The molecule has 0 spiro atoms. The Bertz CT molecular complexity index is 624. The molecule has 0 saturated carbocycles. The number of nitro benzene ring substituents is 1. The molecule has 0 aliphatic rings. The summed E-state index contributed by atoms with van der Waals surface area (Å²) in [6, 6.07) is 3.75. The van der Waals surface area contributed by atoms with Crippen LogP contribution in [0.3, 0.4) is 0 Å². The van der Waals surface area contributed by atoms with Crippen molar-refractivity contribution in [1.29, 1.82) is 0 Å². The largest absolute Gasteiger partial charge is 0.290 e. The molecule has 0 radical (unpaired) electrons. The van der Waals surface area contributed by atoms with Crippen LogP contribution in [0.15, 0.2) is 23.1 Å². The fourth-order valence-electron chi connectivity index (χ4n) is 1.49. The van der Waals surface area contributed by atoms with Crippen LogP contribution in [0.4, 0.5) is 5.69 Å². The van der Waals surface area contributed by atoms with Gasteiger partial charge in [0.05, 0.1) is 4.92 Å². The number of sulfonamides is 1. The van der Waals surface area contributed by atoms with Crippen LogP contribution in [0.5, 0.6) is 0 Å². The highest BCUT2D eigenvalue weighted by molar-refractivity contribution is 7.89. The van der Waals surface area contributed by atoms with E-state index >= 15 is 0 Å². The number of nitro groups is 1. The van der Waals surface area contributed by atoms with E-state index in [0.717, 1.165) is 19.2 Å². The number of hydrogen-bond acceptors (Lipinski definition) is 5. The summed E-state index contributed by atoms with van der Waals surface area (Å²) in [7, 11) is -3.11. The Kier molecular flexibility index (Phi) is 4.25. The first-order chi connectivity index (χ1) is 8.71. The first kappa shape index (κ1) is 15.1. The molecule has 0 heterocycles. The zero-order valence-corrected chi connectivity index (χ0v) is 11.6. The van der Waals surface area contributed by atoms with Gasteiger partial charge < -0.3 is 0 Å². The van der Waals surface area contributed by atoms with Crippen molar-refractivity contribution >= 4 is 21.6 Å². The van der Waals surface area contributed by atoms with Crippen molar-refractivity contribution in [2.75, 3.05) is 7.05 Å². The van der Waals surface area contributed by atoms with E-state index in [1.807, 2.05) is 0 Å². The van der Waals surface area contributed by atoms with Crippen LogP contribution in [-0.4, -0.2) is 30.6 Å². The Labute approximate surface area is 111 Å². The normalized spacial score (nSPS) is 11.1. The SMILES string of the molecule is CCC(=O)N(C)S(=O)(=O)c1ccc(C)cc1[N+](=O)[O-]. The van der Waals surface area contributed by atoms with Crippen molar-refractivity contribution in [3.63, 3.8) is 0 Å². The Hall–Kier alpha value is -1.96. The van der Waals surface area contributed by atoms with Crippen LogP contribution in [0.25, 0.3) is 0 Å². The number of aryl methyl sites for hydroxylation is 1. The fourth-order valence-corrected chi connectivity index (χ4v) is 2.82. The number of benzene rings is 1. The second-order valence-corrected chi connectivity index (χ2v) is 5.89. The van der Waals surface area contributed by atoms with Crippen molar-refractivity contribution in [3.8, 4) is 0 Å². The van der Waals surface area contributed by atoms with Crippen LogP contribution in [-0.2, 0) is 14.8 Å². The minimum absolute atomic E-state index is 0.00457. The number of nitrogens with zero attached hydrogens (tertiary/aromatic N) is 2. The molecule has 1 aromatic rings. The van der Waals surface area contributed by atoms with Gasteiger partial charge in [-0.2, -0.15) is 0 Å². The molecule has 0 aliphatic heterocycles. The molecule has 0 atom stereocenters. The molecule has 0 N–H and O–H groups in total. The lowest BCUT2D eigenvalue weighted by Crippen LogP contribution is -2.33. The predicted molar refractivity (Wildman–Crippen MR) is 68.1 cm³/mol. The van der Waals surface area contributed by atoms with Gasteiger partial charge >= 0.3 is 0 Å². The summed E-state index contributed by atoms with van der Waals surface area (Å²) in [4.78, 5) is 21.1. The number of carbonyl (C=O) groups is 1. The maximum Gasteiger partial charge on any atom is 0.290 e. The summed E-state index contributed by atoms with van der Waals surface area (Å²) in [5.74, 6) is -0.630. The molecule has 0 unspecified atom stereocenters. The van der Waals surface area contributed by atoms with Gasteiger partial charge in [0.25, 0.3) is 15.7 Å². The number of rotatable bonds is 4. The number of carbonyl (C=O) groups excluding carboxylic acids is 1. The molecule has 0 bridgehead atoms. The zero-order chi connectivity index (χ0) is 14.8. The molecular weight excluding hydrogens is 272 g/mol. The quantitative estimate of drug-likeness (QED) is 0.616. The standard InChI is InChI=1S/C11H14N2O5S/c1-4-11(14)12(3)19(17,18)10-6-5-8(2)7-9(10)13(15)16/h5-7H,4H2,1-3H3. The molecule has 1 aromatic carbocycles. The van der Waals surface area contributed by atoms with Crippen LogP contribution in [0, 0.1) is 17.0 Å². The number of amides is 1. The minimum atomic E-state index is -4.20. The predicted octanol–water partition coefficient (Wildman–Crippen LogP) is 1.46. The monoisotopic (exact) mass is 286 g/mol. The lowest BCUT2D eigenvalue weighted by molar-refractivity contribution is -0.387. The highest BCUT2D eigenvalue weighted by Gasteiger charge is 2.31. The molecule has 7 nitrogen and oxygen atoms in total. The molecule has 1 rings (SSSR count). The van der Waals surface area contributed by atoms with Gasteiger partial charge in [-0.05, 0) is 18.6 Å². The topological polar surface area (TPSA) is 97.6 Å². The fraction of sp³-hybridized carbons (Fsp3) is 0.364. The van der Waals surface area contributed by atoms with E-state index in [1.54, 1.807) is 6.92 Å². The lowest BCUT2D eigenvalue weighted by atomic mass is 10.2. The Balaban J connectivity index is 3.45. The molecule has 104 valence electrons. The average Bonchev–Trinajstić information content (AvgIpc) is 2.36. The van der Waals surface area contributed by atoms with Gasteiger partial charge in [0, 0.05) is 19.5 Å². The highest BCUT2D eigenvalue weighted by Crippen LogP contribution is 2.27. The first-order valence-electron chi connectivity index (χ1n) is 5.48. The molecule has 1 amide bonds. The van der Waals surface area contributed by atoms with Crippen LogP contribution in [0.1, 0.15) is 18.9 Å². The van der Waals surface area contributed by atoms with E-state index in [2.05, 4.69) is 0 Å². The van der Waals surface area contributed by atoms with Crippen molar-refractivity contribution in [2.45, 2.75) is 25.2 Å². The van der Waals surface area contributed by atoms with Gasteiger partial charge in [-0.25, -0.2) is 12.7 Å². The molecule has 0 aromatic heterocycles. The summed E-state index contributed by atoms with van der Waals surface area (Å²) in [6.45, 7) is 3.13. The van der Waals surface area contributed by atoms with E-state index in [9.17, 15) is 23.3 Å². The third-order valence-electron chi connectivity index (χ3n) is 2.60. The lowest BCUT2D eigenvalue weighted by Gasteiger charge is -2.16. The van der Waals surface area contributed by atoms with E-state index in [0.29, 0.717) is 9.87 Å². The van der Waals surface area contributed by atoms with Crippen molar-refractivity contribution < 1.29 is 18.1 Å². The third kappa shape index (κ3) is 2.90. The summed E-state index contributed by atoms with van der Waals surface area (Å²) in [5, 5.41) is 10.9. The summed E-state index contributed by atoms with van der Waals surface area (Å²) >= 11 is 0. The van der Waals surface area contributed by atoms with E-state index in [1.165, 1.54) is 13.0 Å². The average molecular weight is 286 g/mol. The second kappa shape index (κ2) is 5.35. The van der Waals surface area contributed by atoms with Gasteiger partial charge in [-0.15, -0.1) is 0 Å². The van der Waals surface area contributed by atoms with Gasteiger partial charge in [0.15, 0.2) is 4.90 Å². The van der Waals surface area contributed by atoms with E-state index in [4.69, 9.17) is 0 Å². The molecule has 8 heteroatoms.